The molecule has 0 saturated carbocycles. The lowest BCUT2D eigenvalue weighted by Crippen LogP contribution is -2.22. The fourth-order valence-corrected chi connectivity index (χ4v) is 2.78. The lowest BCUT2D eigenvalue weighted by molar-refractivity contribution is 0.0821. The van der Waals surface area contributed by atoms with Crippen LogP contribution in [0.25, 0.3) is 22.5 Å². The summed E-state index contributed by atoms with van der Waals surface area (Å²) in [5, 5.41) is 4.42. The molecule has 0 aliphatic heterocycles. The van der Waals surface area contributed by atoms with Crippen LogP contribution in [0.4, 0.5) is 0 Å². The van der Waals surface area contributed by atoms with Gasteiger partial charge in [0.2, 0.25) is 0 Å². The molecule has 4 aromatic heterocycles. The zero-order valence-electron chi connectivity index (χ0n) is 14.0. The van der Waals surface area contributed by atoms with Crippen LogP contribution in [0.2, 0.25) is 0 Å². The summed E-state index contributed by atoms with van der Waals surface area (Å²) in [6, 6.07) is 13.9. The molecule has 1 amide bonds. The minimum atomic E-state index is -0.114. The van der Waals surface area contributed by atoms with E-state index in [-0.39, 0.29) is 5.91 Å². The smallest absolute Gasteiger partial charge is 0.273 e. The van der Waals surface area contributed by atoms with Crippen LogP contribution in [0.15, 0.2) is 67.3 Å². The van der Waals surface area contributed by atoms with Crippen LogP contribution in [0, 0.1) is 0 Å². The van der Waals surface area contributed by atoms with Gasteiger partial charge >= 0.3 is 0 Å². The number of nitrogens with zero attached hydrogens (tertiary/aromatic N) is 5. The van der Waals surface area contributed by atoms with Crippen molar-refractivity contribution in [1.29, 1.82) is 0 Å². The Kier molecular flexibility index (Phi) is 3.57. The number of aromatic nitrogens is 4. The Morgan fingerprint density at radius 1 is 0.960 bits per heavy atom. The van der Waals surface area contributed by atoms with E-state index in [1.54, 1.807) is 43.4 Å². The molecule has 6 nitrogen and oxygen atoms in total. The molecule has 4 aromatic rings. The van der Waals surface area contributed by atoms with E-state index in [1.807, 2.05) is 24.3 Å². The second-order valence-electron chi connectivity index (χ2n) is 5.99. The van der Waals surface area contributed by atoms with Gasteiger partial charge in [0, 0.05) is 44.4 Å². The van der Waals surface area contributed by atoms with Crippen molar-refractivity contribution < 1.29 is 4.79 Å². The van der Waals surface area contributed by atoms with Gasteiger partial charge in [0.25, 0.3) is 5.91 Å². The number of hydrogen-bond donors (Lipinski definition) is 0. The number of amides is 1. The van der Waals surface area contributed by atoms with Crippen molar-refractivity contribution in [2.75, 3.05) is 14.1 Å². The predicted molar refractivity (Wildman–Crippen MR) is 95.8 cm³/mol. The van der Waals surface area contributed by atoms with Crippen LogP contribution < -0.4 is 0 Å². The first-order valence-corrected chi connectivity index (χ1v) is 7.93. The summed E-state index contributed by atoms with van der Waals surface area (Å²) in [5.74, 6) is 0.765. The minimum absolute atomic E-state index is 0.114. The molecule has 0 N–H and O–H groups in total. The summed E-state index contributed by atoms with van der Waals surface area (Å²) in [4.78, 5) is 17.7. The SMILES string of the molecule is CN(C)C(=O)c1ccn(-c2ccc3ccc(-c4ccncc4)cn23)n1. The van der Waals surface area contributed by atoms with Gasteiger partial charge in [0.05, 0.1) is 0 Å². The lowest BCUT2D eigenvalue weighted by atomic mass is 10.1. The molecular weight excluding hydrogens is 314 g/mol. The molecule has 0 aliphatic carbocycles. The van der Waals surface area contributed by atoms with Crippen molar-refractivity contribution in [2.24, 2.45) is 0 Å². The molecule has 0 unspecified atom stereocenters. The lowest BCUT2D eigenvalue weighted by Gasteiger charge is -2.08. The number of hydrogen-bond acceptors (Lipinski definition) is 3. The molecule has 0 saturated heterocycles. The van der Waals surface area contributed by atoms with Gasteiger partial charge in [0.15, 0.2) is 5.69 Å². The molecule has 6 heteroatoms. The van der Waals surface area contributed by atoms with Crippen LogP contribution in [-0.4, -0.2) is 44.1 Å². The van der Waals surface area contributed by atoms with Crippen molar-refractivity contribution in [3.05, 3.63) is 72.9 Å². The highest BCUT2D eigenvalue weighted by atomic mass is 16.2. The van der Waals surface area contributed by atoms with Crippen LogP contribution in [-0.2, 0) is 0 Å². The van der Waals surface area contributed by atoms with E-state index in [1.165, 1.54) is 4.90 Å². The fourth-order valence-electron chi connectivity index (χ4n) is 2.78. The van der Waals surface area contributed by atoms with E-state index in [9.17, 15) is 4.79 Å². The highest BCUT2D eigenvalue weighted by Gasteiger charge is 2.13. The molecule has 124 valence electrons. The highest BCUT2D eigenvalue weighted by Crippen LogP contribution is 2.22. The van der Waals surface area contributed by atoms with Gasteiger partial charge in [-0.05, 0) is 47.5 Å². The fraction of sp³-hybridized carbons (Fsp3) is 0.105. The van der Waals surface area contributed by atoms with Gasteiger partial charge in [-0.15, -0.1) is 0 Å². The summed E-state index contributed by atoms with van der Waals surface area (Å²) >= 11 is 0. The third kappa shape index (κ3) is 2.67. The normalized spacial score (nSPS) is 11.0. The molecule has 0 radical (unpaired) electrons. The molecule has 0 atom stereocenters. The summed E-state index contributed by atoms with van der Waals surface area (Å²) in [6.45, 7) is 0. The Morgan fingerprint density at radius 3 is 2.48 bits per heavy atom. The van der Waals surface area contributed by atoms with Crippen LogP contribution in [0.1, 0.15) is 10.5 Å². The maximum atomic E-state index is 12.1. The number of pyridine rings is 2. The van der Waals surface area contributed by atoms with Crippen LogP contribution in [0.5, 0.6) is 0 Å². The van der Waals surface area contributed by atoms with E-state index in [0.29, 0.717) is 5.69 Å². The van der Waals surface area contributed by atoms with Gasteiger partial charge in [-0.3, -0.25) is 9.78 Å². The van der Waals surface area contributed by atoms with Gasteiger partial charge < -0.3 is 9.30 Å². The van der Waals surface area contributed by atoms with E-state index < -0.39 is 0 Å². The quantitative estimate of drug-likeness (QED) is 0.580. The highest BCUT2D eigenvalue weighted by molar-refractivity contribution is 5.91. The second-order valence-corrected chi connectivity index (χ2v) is 5.99. The van der Waals surface area contributed by atoms with Crippen molar-refractivity contribution in [2.45, 2.75) is 0 Å². The molecular formula is C19H17N5O. The predicted octanol–water partition coefficient (Wildman–Crippen LogP) is 2.89. The Balaban J connectivity index is 1.79. The van der Waals surface area contributed by atoms with Crippen molar-refractivity contribution in [3.63, 3.8) is 0 Å². The molecule has 0 fully saturated rings. The van der Waals surface area contributed by atoms with E-state index in [4.69, 9.17) is 0 Å². The van der Waals surface area contributed by atoms with Crippen molar-refractivity contribution in [1.82, 2.24) is 24.1 Å². The van der Waals surface area contributed by atoms with Crippen molar-refractivity contribution in [3.8, 4) is 16.9 Å². The van der Waals surface area contributed by atoms with Crippen molar-refractivity contribution >= 4 is 11.4 Å². The number of carbonyl (C=O) groups is 1. The molecule has 0 bridgehead atoms. The molecule has 0 spiro atoms. The number of rotatable bonds is 3. The molecule has 25 heavy (non-hydrogen) atoms. The Bertz CT molecular complexity index is 1050. The molecule has 4 heterocycles. The summed E-state index contributed by atoms with van der Waals surface area (Å²) in [5.41, 5.74) is 3.67. The average Bonchev–Trinajstić information content (AvgIpc) is 3.27. The monoisotopic (exact) mass is 331 g/mol. The summed E-state index contributed by atoms with van der Waals surface area (Å²) in [7, 11) is 3.43. The molecule has 0 aromatic carbocycles. The maximum absolute atomic E-state index is 12.1. The standard InChI is InChI=1S/C19H17N5O/c1-22(2)19(25)17-9-12-24(21-17)18-6-5-16-4-3-15(13-23(16)18)14-7-10-20-11-8-14/h3-13H,1-2H3. The first-order chi connectivity index (χ1) is 12.1. The van der Waals surface area contributed by atoms with Gasteiger partial charge in [-0.2, -0.15) is 5.10 Å². The number of fused-ring (bicyclic) bond motifs is 1. The Hall–Kier alpha value is -3.41. The van der Waals surface area contributed by atoms with Crippen LogP contribution in [0.3, 0.4) is 0 Å². The first kappa shape index (κ1) is 15.1. The first-order valence-electron chi connectivity index (χ1n) is 7.93. The molecule has 4 rings (SSSR count). The number of carbonyl (C=O) groups excluding carboxylic acids is 1. The average molecular weight is 331 g/mol. The van der Waals surface area contributed by atoms with E-state index in [0.717, 1.165) is 22.5 Å². The van der Waals surface area contributed by atoms with Gasteiger partial charge in [-0.25, -0.2) is 4.68 Å². The Labute approximate surface area is 145 Å². The van der Waals surface area contributed by atoms with Crippen LogP contribution >= 0.6 is 0 Å². The van der Waals surface area contributed by atoms with E-state index in [2.05, 4.69) is 32.8 Å². The topological polar surface area (TPSA) is 55.4 Å². The third-order valence-electron chi connectivity index (χ3n) is 4.09. The zero-order chi connectivity index (χ0) is 17.4. The van der Waals surface area contributed by atoms with Gasteiger partial charge in [-0.1, -0.05) is 6.07 Å². The maximum Gasteiger partial charge on any atom is 0.273 e. The summed E-state index contributed by atoms with van der Waals surface area (Å²) in [6.07, 6.45) is 7.43. The minimum Gasteiger partial charge on any atom is -0.343 e. The summed E-state index contributed by atoms with van der Waals surface area (Å²) < 4.78 is 3.78. The zero-order valence-corrected chi connectivity index (χ0v) is 14.0. The van der Waals surface area contributed by atoms with Gasteiger partial charge in [0.1, 0.15) is 5.82 Å². The van der Waals surface area contributed by atoms with E-state index >= 15 is 0 Å². The molecule has 0 aliphatic rings. The Morgan fingerprint density at radius 2 is 1.72 bits per heavy atom. The third-order valence-corrected chi connectivity index (χ3v) is 4.09. The largest absolute Gasteiger partial charge is 0.343 e. The second kappa shape index (κ2) is 5.90.